The van der Waals surface area contributed by atoms with Gasteiger partial charge in [0.15, 0.2) is 17.8 Å². The minimum absolute atomic E-state index is 0.0205. The van der Waals surface area contributed by atoms with E-state index >= 15 is 0 Å². The molecule has 116 heavy (non-hydrogen) atoms. The van der Waals surface area contributed by atoms with Crippen molar-refractivity contribution in [3.05, 3.63) is 213 Å². The van der Waals surface area contributed by atoms with Gasteiger partial charge in [-0.2, -0.15) is 0 Å². The highest BCUT2D eigenvalue weighted by molar-refractivity contribution is 8.10. The number of nitrogens with zero attached hydrogens (tertiary/aromatic N) is 6. The number of sulfonamides is 5. The first-order chi connectivity index (χ1) is 54.4. The SMILES string of the molecule is CCC(=O)OCSN(C)S(=O)(=O)c1ccc(C(C)CC)cc1.CCC(C)c1ccc(S(=O)(=O)N(C)SCOC(=O)C(C)C)cc1.CCC(C)c1ccc(S(=O)(=O)N(C)Sc2ccc(Cl)cc2)cc1.CCC(C)c1ccc(S(=O)(=O)N(C)Sc2ccc([N+](=O)[O-])cc2)cc1.CCOC(=O)OCSN(C)S(=O)(=O)c1ccc(C(C)CC)cc1. The molecule has 0 saturated heterocycles. The molecule has 0 aliphatic heterocycles. The lowest BCUT2D eigenvalue weighted by atomic mass is 9.99. The van der Waals surface area contributed by atoms with Gasteiger partial charge in [-0.05, 0) is 253 Å². The molecule has 25 nitrogen and oxygen atoms in total. The minimum Gasteiger partial charge on any atom is -0.453 e. The second-order valence-corrected chi connectivity index (χ2v) is 43.4. The molecule has 0 saturated carbocycles. The maximum Gasteiger partial charge on any atom is 0.509 e. The third-order valence-electron chi connectivity index (χ3n) is 18.1. The van der Waals surface area contributed by atoms with E-state index < -0.39 is 61.2 Å². The van der Waals surface area contributed by atoms with E-state index in [1.165, 1.54) is 56.2 Å². The van der Waals surface area contributed by atoms with Crippen molar-refractivity contribution in [1.29, 1.82) is 0 Å². The monoisotopic (exact) mass is 1810 g/mol. The van der Waals surface area contributed by atoms with Crippen molar-refractivity contribution in [2.45, 2.75) is 199 Å². The molecule has 0 fully saturated rings. The number of hydrogen-bond acceptors (Lipinski definition) is 24. The van der Waals surface area contributed by atoms with Gasteiger partial charge in [0.2, 0.25) is 0 Å². The molecule has 642 valence electrons. The molecule has 0 N–H and O–H groups in total. The number of benzene rings is 7. The number of carbonyl (C=O) groups is 3. The highest BCUT2D eigenvalue weighted by Gasteiger charge is 2.28. The number of nitro benzene ring substituents is 1. The third-order valence-corrected chi connectivity index (χ3v) is 33.7. The number of rotatable bonds is 37. The van der Waals surface area contributed by atoms with Crippen LogP contribution in [0.4, 0.5) is 10.5 Å². The fourth-order valence-electron chi connectivity index (χ4n) is 9.39. The van der Waals surface area contributed by atoms with Crippen molar-refractivity contribution in [2.75, 3.05) is 59.7 Å². The van der Waals surface area contributed by atoms with Gasteiger partial charge in [-0.25, -0.2) is 46.9 Å². The summed E-state index contributed by atoms with van der Waals surface area (Å²) in [5, 5.41) is 11.3. The minimum atomic E-state index is -3.65. The first-order valence-electron chi connectivity index (χ1n) is 37.3. The maximum atomic E-state index is 12.7. The zero-order valence-corrected chi connectivity index (χ0v) is 78.0. The Morgan fingerprint density at radius 2 is 0.621 bits per heavy atom. The molecule has 7 aromatic rings. The predicted molar refractivity (Wildman–Crippen MR) is 470 cm³/mol. The molecule has 0 amide bonds. The smallest absolute Gasteiger partial charge is 0.453 e. The summed E-state index contributed by atoms with van der Waals surface area (Å²) in [6, 6.07) is 47.6. The van der Waals surface area contributed by atoms with Crippen LogP contribution >= 0.6 is 71.3 Å². The van der Waals surface area contributed by atoms with E-state index in [-0.39, 0.29) is 74.0 Å². The van der Waals surface area contributed by atoms with Gasteiger partial charge in [0.05, 0.1) is 41.9 Å². The van der Waals surface area contributed by atoms with Crippen LogP contribution in [0.1, 0.15) is 193 Å². The standard InChI is InChI=1S/C17H20ClNO2S2.C17H20N2O4S2.C16H25NO4S2.C15H23NO5S2.C15H23NO4S2/c1-4-13(2)14-5-11-17(12-6-14)23(20,21)19(3)22-16-9-7-15(18)8-10-16;1-4-13(2)14-5-11-17(12-6-14)25(22,23)18(3)24-16-9-7-15(8-10-16)19(20)21;1-6-13(4)14-7-9-15(10-8-14)23(19,20)17(5)22-11-21-16(18)12(2)3;1-5-12(3)13-7-9-14(10-8-13)23(18,19)16(4)22-11-21-15(17)20-6-2;1-5-12(3)13-7-9-14(10-8-13)22(18,19)16(4)21-11-20-15(17)6-2/h5-13H,4H2,1-3H3;5-13H,4H2,1-3H3;7-10,12-13H,6,11H2,1-5H3;7-10,12H,5-6,11H2,1-4H3;7-10,12H,5-6,11H2,1-4H3. The highest BCUT2D eigenvalue weighted by Crippen LogP contribution is 2.34. The van der Waals surface area contributed by atoms with Crippen LogP contribution in [0.3, 0.4) is 0 Å². The van der Waals surface area contributed by atoms with Gasteiger partial charge in [-0.3, -0.25) is 19.7 Å². The van der Waals surface area contributed by atoms with E-state index in [9.17, 15) is 66.6 Å². The molecule has 0 heterocycles. The van der Waals surface area contributed by atoms with E-state index in [1.807, 2.05) is 60.7 Å². The van der Waals surface area contributed by atoms with Crippen LogP contribution in [0.5, 0.6) is 0 Å². The average molecular weight is 1820 g/mol. The average Bonchev–Trinajstić information content (AvgIpc) is 0.847. The lowest BCUT2D eigenvalue weighted by Gasteiger charge is -2.17. The lowest BCUT2D eigenvalue weighted by Crippen LogP contribution is -2.22. The number of carbonyl (C=O) groups excluding carboxylic acids is 3. The summed E-state index contributed by atoms with van der Waals surface area (Å²) in [5.74, 6) is 0.869. The van der Waals surface area contributed by atoms with Gasteiger partial charge in [-0.15, -0.1) is 18.6 Å². The summed E-state index contributed by atoms with van der Waals surface area (Å²) in [6.45, 7) is 28.0. The number of halogens is 1. The molecule has 0 aromatic heterocycles. The maximum absolute atomic E-state index is 12.7. The Kier molecular flexibility index (Phi) is 45.4. The summed E-state index contributed by atoms with van der Waals surface area (Å²) in [4.78, 5) is 46.2. The number of esters is 2. The van der Waals surface area contributed by atoms with Crippen LogP contribution in [0.2, 0.25) is 5.02 Å². The van der Waals surface area contributed by atoms with Crippen LogP contribution in [-0.2, 0) is 78.7 Å². The Morgan fingerprint density at radius 1 is 0.371 bits per heavy atom. The van der Waals surface area contributed by atoms with Gasteiger partial charge >= 0.3 is 18.1 Å². The summed E-state index contributed by atoms with van der Waals surface area (Å²) in [6.07, 6.45) is 4.47. The van der Waals surface area contributed by atoms with Gasteiger partial charge in [-0.1, -0.05) is 162 Å². The van der Waals surface area contributed by atoms with Crippen molar-refractivity contribution in [1.82, 2.24) is 18.6 Å². The molecular formula is C80H111ClN6O19S10. The van der Waals surface area contributed by atoms with E-state index in [2.05, 4.69) is 74.0 Å². The molecule has 0 bridgehead atoms. The van der Waals surface area contributed by atoms with Crippen molar-refractivity contribution in [2.24, 2.45) is 5.92 Å². The molecule has 0 spiro atoms. The fourth-order valence-corrected chi connectivity index (χ4v) is 20.1. The summed E-state index contributed by atoms with van der Waals surface area (Å²) in [7, 11) is -10.7. The molecule has 7 rings (SSSR count). The predicted octanol–water partition coefficient (Wildman–Crippen LogP) is 20.2. The molecule has 7 aromatic carbocycles. The number of nitro groups is 1. The number of non-ortho nitro benzene ring substituents is 1. The Labute approximate surface area is 715 Å². The Bertz CT molecular complexity index is 4780. The topological polar surface area (TPSA) is 318 Å². The van der Waals surface area contributed by atoms with Crippen molar-refractivity contribution >= 4 is 145 Å². The van der Waals surface area contributed by atoms with Crippen LogP contribution < -0.4 is 0 Å². The fraction of sp³-hybridized carbons (Fsp3) is 0.438. The van der Waals surface area contributed by atoms with Gasteiger partial charge < -0.3 is 18.9 Å². The van der Waals surface area contributed by atoms with Crippen LogP contribution in [0, 0.1) is 16.0 Å². The van der Waals surface area contributed by atoms with Crippen LogP contribution in [-0.4, -0.2) is 143 Å². The van der Waals surface area contributed by atoms with Gasteiger partial charge in [0.25, 0.3) is 55.8 Å². The highest BCUT2D eigenvalue weighted by atomic mass is 35.5. The van der Waals surface area contributed by atoms with Crippen LogP contribution in [0.25, 0.3) is 0 Å². The van der Waals surface area contributed by atoms with Gasteiger partial charge in [0, 0.05) is 68.6 Å². The Morgan fingerprint density at radius 3 is 0.862 bits per heavy atom. The molecule has 5 unspecified atom stereocenters. The van der Waals surface area contributed by atoms with Crippen molar-refractivity contribution < 1.29 is 80.3 Å². The largest absolute Gasteiger partial charge is 0.509 e. The molecular weight excluding hydrogens is 1710 g/mol. The summed E-state index contributed by atoms with van der Waals surface area (Å²) in [5.41, 5.74) is 5.57. The first kappa shape index (κ1) is 104. The second kappa shape index (κ2) is 50.7. The Balaban J connectivity index is 0.000000375. The number of hydrogen-bond donors (Lipinski definition) is 0. The molecule has 0 aliphatic carbocycles. The van der Waals surface area contributed by atoms with Crippen molar-refractivity contribution in [3.8, 4) is 0 Å². The van der Waals surface area contributed by atoms with E-state index in [4.69, 9.17) is 25.8 Å². The second-order valence-electron chi connectivity index (χ2n) is 26.4. The molecule has 0 radical (unpaired) electrons. The molecule has 0 aliphatic rings. The number of ether oxygens (including phenoxy) is 4. The summed E-state index contributed by atoms with van der Waals surface area (Å²) < 4.78 is 150. The molecule has 36 heteroatoms. The summed E-state index contributed by atoms with van der Waals surface area (Å²) >= 11 is 10.8. The zero-order valence-electron chi connectivity index (χ0n) is 69.1. The molecule has 5 atom stereocenters. The third kappa shape index (κ3) is 33.0. The van der Waals surface area contributed by atoms with Crippen LogP contribution in [0.15, 0.2) is 204 Å². The first-order valence-corrected chi connectivity index (χ1v) is 49.2. The Hall–Kier alpha value is -6.26. The van der Waals surface area contributed by atoms with E-state index in [0.717, 1.165) is 139 Å². The van der Waals surface area contributed by atoms with Gasteiger partial charge in [0.1, 0.15) is 0 Å². The quantitative estimate of drug-likeness (QED) is 0.00872. The normalized spacial score (nSPS) is 13.1. The van der Waals surface area contributed by atoms with Crippen molar-refractivity contribution in [3.63, 3.8) is 0 Å². The van der Waals surface area contributed by atoms with E-state index in [1.54, 1.807) is 120 Å². The zero-order chi connectivity index (χ0) is 87.5. The van der Waals surface area contributed by atoms with E-state index in [0.29, 0.717) is 44.4 Å². The lowest BCUT2D eigenvalue weighted by molar-refractivity contribution is -0.384.